The predicted octanol–water partition coefficient (Wildman–Crippen LogP) is -1.10. The van der Waals surface area contributed by atoms with Gasteiger partial charge < -0.3 is 5.73 Å². The summed E-state index contributed by atoms with van der Waals surface area (Å²) in [6, 6.07) is 0. The molecule has 0 rings (SSSR count). The Morgan fingerprint density at radius 1 is 1.83 bits per heavy atom. The third-order valence-electron chi connectivity index (χ3n) is 0.201. The highest BCUT2D eigenvalue weighted by Gasteiger charge is 2.01. The quantitative estimate of drug-likeness (QED) is 0.454. The topological polar surface area (TPSA) is 60.2 Å². The molecule has 0 heterocycles. The van der Waals surface area contributed by atoms with E-state index in [1.54, 1.807) is 0 Å². The molecule has 1 amide bonds. The van der Waals surface area contributed by atoms with E-state index in [0.29, 0.717) is 0 Å². The molecular weight excluding hydrogens is 102 g/mol. The lowest BCUT2D eigenvalue weighted by molar-refractivity contribution is -0.115. The zero-order valence-electron chi connectivity index (χ0n) is 3.01. The van der Waals surface area contributed by atoms with Crippen molar-refractivity contribution in [2.75, 3.05) is 5.75 Å². The van der Waals surface area contributed by atoms with E-state index >= 15 is 0 Å². The van der Waals surface area contributed by atoms with Crippen LogP contribution >= 0.6 is 0 Å². The third kappa shape index (κ3) is 3.49. The van der Waals surface area contributed by atoms with E-state index in [2.05, 4.69) is 5.73 Å². The SMILES string of the molecule is NC(=O)C[S+]=O. The average Bonchev–Trinajstić information content (AvgIpc) is 1.35. The smallest absolute Gasteiger partial charge is 0.365 e. The minimum Gasteiger partial charge on any atom is -0.365 e. The van der Waals surface area contributed by atoms with Crippen molar-refractivity contribution in [3.05, 3.63) is 0 Å². The summed E-state index contributed by atoms with van der Waals surface area (Å²) in [5, 5.41) is 0. The van der Waals surface area contributed by atoms with Gasteiger partial charge in [-0.2, -0.15) is 0 Å². The first-order valence-corrected chi connectivity index (χ1v) is 2.21. The van der Waals surface area contributed by atoms with Crippen molar-refractivity contribution in [1.82, 2.24) is 0 Å². The normalized spacial score (nSPS) is 7.33. The van der Waals surface area contributed by atoms with Gasteiger partial charge in [0.1, 0.15) is 0 Å². The summed E-state index contributed by atoms with van der Waals surface area (Å²) in [5.74, 6) is -0.685. The van der Waals surface area contributed by atoms with Gasteiger partial charge in [0.05, 0.1) is 0 Å². The molecular formula is C2H4NO2S+. The van der Waals surface area contributed by atoms with Gasteiger partial charge in [0, 0.05) is 4.21 Å². The lowest BCUT2D eigenvalue weighted by Gasteiger charge is -1.62. The van der Waals surface area contributed by atoms with Crippen LogP contribution in [-0.2, 0) is 20.7 Å². The fourth-order valence-electron chi connectivity index (χ4n) is 0.0581. The van der Waals surface area contributed by atoms with Crippen LogP contribution in [0.15, 0.2) is 0 Å². The first-order chi connectivity index (χ1) is 2.77. The molecule has 0 fully saturated rings. The van der Waals surface area contributed by atoms with Gasteiger partial charge in [-0.1, -0.05) is 0 Å². The van der Waals surface area contributed by atoms with E-state index in [0.717, 1.165) is 0 Å². The average molecular weight is 106 g/mol. The van der Waals surface area contributed by atoms with Crippen molar-refractivity contribution < 1.29 is 9.00 Å². The van der Waals surface area contributed by atoms with Gasteiger partial charge in [-0.15, -0.1) is 0 Å². The molecule has 0 aliphatic heterocycles. The van der Waals surface area contributed by atoms with Crippen LogP contribution in [0.3, 0.4) is 0 Å². The second-order valence-electron chi connectivity index (χ2n) is 0.729. The number of carbonyl (C=O) groups excluding carboxylic acids is 1. The Labute approximate surface area is 39.0 Å². The maximum atomic E-state index is 9.60. The van der Waals surface area contributed by atoms with Gasteiger partial charge in [0.2, 0.25) is 0 Å². The van der Waals surface area contributed by atoms with Crippen molar-refractivity contribution in [2.45, 2.75) is 0 Å². The summed E-state index contributed by atoms with van der Waals surface area (Å²) in [6.07, 6.45) is 0. The molecule has 0 aromatic rings. The van der Waals surface area contributed by atoms with E-state index in [1.807, 2.05) is 0 Å². The summed E-state index contributed by atoms with van der Waals surface area (Å²) < 4.78 is 9.36. The molecule has 0 unspecified atom stereocenters. The number of nitrogens with two attached hydrogens (primary N) is 1. The van der Waals surface area contributed by atoms with Crippen LogP contribution in [0.5, 0.6) is 0 Å². The zero-order chi connectivity index (χ0) is 4.99. The molecule has 3 nitrogen and oxygen atoms in total. The Morgan fingerprint density at radius 3 is 2.33 bits per heavy atom. The molecule has 0 saturated carbocycles. The highest BCUT2D eigenvalue weighted by Crippen LogP contribution is 1.52. The van der Waals surface area contributed by atoms with Crippen LogP contribution in [0.2, 0.25) is 0 Å². The Bertz CT molecular complexity index is 71.9. The Morgan fingerprint density at radius 2 is 2.33 bits per heavy atom. The lowest BCUT2D eigenvalue weighted by atomic mass is 10.8. The summed E-state index contributed by atoms with van der Waals surface area (Å²) in [4.78, 5) is 9.60. The number of carbonyl (C=O) groups is 1. The Balaban J connectivity index is 3.05. The van der Waals surface area contributed by atoms with Crippen molar-refractivity contribution in [2.24, 2.45) is 5.73 Å². The summed E-state index contributed by atoms with van der Waals surface area (Å²) in [7, 11) is 0. The van der Waals surface area contributed by atoms with Crippen molar-refractivity contribution in [3.8, 4) is 0 Å². The molecule has 0 aliphatic rings. The highest BCUT2D eigenvalue weighted by molar-refractivity contribution is 7.66. The fraction of sp³-hybridized carbons (Fsp3) is 0.500. The molecule has 0 radical (unpaired) electrons. The lowest BCUT2D eigenvalue weighted by Crippen LogP contribution is -2.14. The van der Waals surface area contributed by atoms with Crippen LogP contribution in [0.1, 0.15) is 0 Å². The molecule has 4 heteroatoms. The molecule has 34 valence electrons. The van der Waals surface area contributed by atoms with Gasteiger partial charge in [-0.25, -0.2) is 0 Å². The molecule has 0 spiro atoms. The molecule has 2 N–H and O–H groups in total. The Kier molecular flexibility index (Phi) is 2.48. The van der Waals surface area contributed by atoms with Gasteiger partial charge >= 0.3 is 17.4 Å². The minimum atomic E-state index is -0.560. The molecule has 0 bridgehead atoms. The van der Waals surface area contributed by atoms with E-state index in [4.69, 9.17) is 0 Å². The highest BCUT2D eigenvalue weighted by atomic mass is 32.1. The van der Waals surface area contributed by atoms with Gasteiger partial charge in [0.25, 0.3) is 5.91 Å². The fourth-order valence-corrected chi connectivity index (χ4v) is 0.174. The molecule has 6 heavy (non-hydrogen) atoms. The van der Waals surface area contributed by atoms with Crippen molar-refractivity contribution in [3.63, 3.8) is 0 Å². The monoisotopic (exact) mass is 106 g/mol. The van der Waals surface area contributed by atoms with E-state index in [1.165, 1.54) is 0 Å². The maximum Gasteiger partial charge on any atom is 0.469 e. The number of primary amides is 1. The van der Waals surface area contributed by atoms with Crippen molar-refractivity contribution in [1.29, 1.82) is 0 Å². The van der Waals surface area contributed by atoms with Crippen LogP contribution in [0.25, 0.3) is 0 Å². The zero-order valence-corrected chi connectivity index (χ0v) is 3.83. The number of amides is 1. The van der Waals surface area contributed by atoms with Gasteiger partial charge in [-0.05, 0) is 0 Å². The summed E-state index contributed by atoms with van der Waals surface area (Å²) >= 11 is 0.185. The number of hydrogen-bond donors (Lipinski definition) is 1. The van der Waals surface area contributed by atoms with E-state index in [9.17, 15) is 9.00 Å². The molecule has 0 atom stereocenters. The molecule has 0 aromatic heterocycles. The molecule has 0 aromatic carbocycles. The van der Waals surface area contributed by atoms with Crippen LogP contribution in [0, 0.1) is 0 Å². The standard InChI is InChI=1S/C2H3NO2S/c3-2(4)1-6-5/h1H2,(H-,3,4)/p+1. The molecule has 0 aliphatic carbocycles. The summed E-state index contributed by atoms with van der Waals surface area (Å²) in [5.41, 5.74) is 4.54. The van der Waals surface area contributed by atoms with Gasteiger partial charge in [-0.3, -0.25) is 4.79 Å². The first kappa shape index (κ1) is 5.49. The maximum absolute atomic E-state index is 9.60. The number of hydrogen-bond acceptors (Lipinski definition) is 2. The number of rotatable bonds is 2. The van der Waals surface area contributed by atoms with E-state index in [-0.39, 0.29) is 17.4 Å². The largest absolute Gasteiger partial charge is 0.469 e. The van der Waals surface area contributed by atoms with E-state index < -0.39 is 5.91 Å². The van der Waals surface area contributed by atoms with Crippen molar-refractivity contribution >= 4 is 17.6 Å². The predicted molar refractivity (Wildman–Crippen MR) is 22.1 cm³/mol. The first-order valence-electron chi connectivity index (χ1n) is 1.30. The third-order valence-corrected chi connectivity index (χ3v) is 0.604. The van der Waals surface area contributed by atoms with Crippen LogP contribution in [-0.4, -0.2) is 11.7 Å². The minimum absolute atomic E-state index is 0.125. The second-order valence-corrected chi connectivity index (χ2v) is 1.25. The van der Waals surface area contributed by atoms with Crippen LogP contribution < -0.4 is 5.73 Å². The second kappa shape index (κ2) is 2.71. The molecule has 0 saturated heterocycles. The summed E-state index contributed by atoms with van der Waals surface area (Å²) in [6.45, 7) is 0. The van der Waals surface area contributed by atoms with Crippen LogP contribution in [0.4, 0.5) is 0 Å². The van der Waals surface area contributed by atoms with Gasteiger partial charge in [0.15, 0.2) is 0 Å². The Hall–Kier alpha value is -0.510.